The highest BCUT2D eigenvalue weighted by molar-refractivity contribution is 6.00. The number of likely N-dealkylation sites (N-methyl/N-ethyl adjacent to an activating group) is 9. The van der Waals surface area contributed by atoms with E-state index < -0.39 is 186 Å². The van der Waals surface area contributed by atoms with Crippen LogP contribution in [0.4, 0.5) is 0 Å². The summed E-state index contributed by atoms with van der Waals surface area (Å²) in [6, 6.07) is 2.74. The maximum atomic E-state index is 14.9. The number of benzene rings is 2. The SMILES string of the molecule is CN[C@@H](C)C(=O)N[C@@H](CC(C)C)C(=O)N(C)[C@@H](CC(C)C)C(=O)N[C@@H](C)C(=O)N(C)[C@@H](Cc1ccccc1)C(=O)NCC(=O)N(C)[C@@H](C)C(=O)N[C@@H](CC(C)C)C(=O)N(C)[C@@H](Cc1ccccc1)C(=O)N(C)[C@@H](C)C(=O)N[C@@H](C)C(=O)N(C)[C@@H](CC(C)C)C(=O)N[C@@H](C)C(=O)N(C)[C@H](C(=O)N(C)CC(=O)O)C(C)C. The van der Waals surface area contributed by atoms with Gasteiger partial charge >= 0.3 is 5.97 Å². The van der Waals surface area contributed by atoms with Gasteiger partial charge in [-0.1, -0.05) is 130 Å². The summed E-state index contributed by atoms with van der Waals surface area (Å²) in [5.74, 6) is -11.3. The van der Waals surface area contributed by atoms with Crippen LogP contribution in [0.1, 0.15) is 148 Å². The van der Waals surface area contributed by atoms with Gasteiger partial charge in [-0.25, -0.2) is 0 Å². The lowest BCUT2D eigenvalue weighted by molar-refractivity contribution is -0.151. The van der Waals surface area contributed by atoms with Gasteiger partial charge in [-0.2, -0.15) is 0 Å². The summed E-state index contributed by atoms with van der Waals surface area (Å²) in [4.78, 5) is 219. The van der Waals surface area contributed by atoms with Gasteiger partial charge in [0.25, 0.3) is 0 Å². The quantitative estimate of drug-likeness (QED) is 0.0470. The van der Waals surface area contributed by atoms with E-state index in [1.54, 1.807) is 88.5 Å². The molecule has 0 heterocycles. The molecule has 13 atom stereocenters. The van der Waals surface area contributed by atoms with Crippen molar-refractivity contribution >= 4 is 88.7 Å². The molecule has 31 nitrogen and oxygen atoms in total. The fourth-order valence-electron chi connectivity index (χ4n) is 12.5. The molecule has 0 bridgehead atoms. The van der Waals surface area contributed by atoms with Crippen LogP contribution in [0.5, 0.6) is 0 Å². The number of aliphatic carboxylic acids is 1. The third-order valence-electron chi connectivity index (χ3n) is 19.5. The smallest absolute Gasteiger partial charge is 0.323 e. The normalized spacial score (nSPS) is 15.0. The Balaban J connectivity index is 2.38. The Kier molecular flexibility index (Phi) is 39.3. The highest BCUT2D eigenvalue weighted by Crippen LogP contribution is 2.22. The van der Waals surface area contributed by atoms with Gasteiger partial charge in [-0.05, 0) is 115 Å². The lowest BCUT2D eigenvalue weighted by atomic mass is 9.98. The Morgan fingerprint density at radius 3 is 1.09 bits per heavy atom. The van der Waals surface area contributed by atoms with Gasteiger partial charge in [0.05, 0.1) is 12.6 Å². The first-order chi connectivity index (χ1) is 50.6. The highest BCUT2D eigenvalue weighted by atomic mass is 16.4. The number of rotatable bonds is 43. The molecule has 14 amide bonds. The maximum Gasteiger partial charge on any atom is 0.323 e. The zero-order chi connectivity index (χ0) is 83.5. The first-order valence-electron chi connectivity index (χ1n) is 37.5. The predicted molar refractivity (Wildman–Crippen MR) is 414 cm³/mol. The van der Waals surface area contributed by atoms with Crippen LogP contribution >= 0.6 is 0 Å². The number of carbonyl (C=O) groups is 15. The van der Waals surface area contributed by atoms with Crippen molar-refractivity contribution in [1.82, 2.24) is 76.4 Å². The highest BCUT2D eigenvalue weighted by Gasteiger charge is 2.42. The summed E-state index contributed by atoms with van der Waals surface area (Å²) in [5.41, 5.74) is 1.30. The Morgan fingerprint density at radius 1 is 0.349 bits per heavy atom. The van der Waals surface area contributed by atoms with Crippen molar-refractivity contribution in [1.29, 1.82) is 0 Å². The second-order valence-electron chi connectivity index (χ2n) is 30.8. The van der Waals surface area contributed by atoms with Gasteiger partial charge in [-0.15, -0.1) is 0 Å². The zero-order valence-electron chi connectivity index (χ0n) is 69.0. The molecule has 0 spiro atoms. The lowest BCUT2D eigenvalue weighted by Crippen LogP contribution is -2.60. The number of carbonyl (C=O) groups excluding carboxylic acids is 14. The first-order valence-corrected chi connectivity index (χ1v) is 37.5. The van der Waals surface area contributed by atoms with E-state index in [1.807, 2.05) is 55.4 Å². The molecule has 610 valence electrons. The van der Waals surface area contributed by atoms with Crippen LogP contribution in [0.25, 0.3) is 0 Å². The standard InChI is InChI=1S/C78H127N15O16/c1-44(2)36-57(84-66(97)49(11)79-17)75(106)91(23)60(39-47(7)8)71(102)82-51(13)73(104)90(22)61(40-55-32-28-26-29-33-55)69(100)80-42-63(94)87(19)53(15)68(99)85-58(37-45(3)4)76(107)92(24)62(41-56-34-30-27-31-35-56)77(108)88(20)54(16)67(98)81-50(12)72(103)89(21)59(38-46(5)6)70(101)83-52(14)74(105)93(25)65(48(9)10)78(109)86(18)43-64(95)96/h26-35,44-54,57-62,65,79H,36-43H2,1-25H3,(H,80,100)(H,81,98)(H,82,102)(H,83,101)(H,84,97)(H,85,99)(H,95,96)/t49-,50-,51-,52-,53-,54-,57-,58-,59-,60-,61-,62-,65-/m0/s1. The van der Waals surface area contributed by atoms with Crippen LogP contribution in [-0.4, -0.2) is 288 Å². The van der Waals surface area contributed by atoms with E-state index in [0.717, 1.165) is 24.5 Å². The van der Waals surface area contributed by atoms with Crippen LogP contribution in [0.2, 0.25) is 0 Å². The fourth-order valence-corrected chi connectivity index (χ4v) is 12.5. The topological polar surface area (TPSA) is 386 Å². The second kappa shape index (κ2) is 44.8. The van der Waals surface area contributed by atoms with Gasteiger partial charge in [0.1, 0.15) is 79.0 Å². The molecule has 0 saturated carbocycles. The molecular formula is C78H127N15O16. The molecule has 0 radical (unpaired) electrons. The third-order valence-corrected chi connectivity index (χ3v) is 19.5. The molecule has 109 heavy (non-hydrogen) atoms. The van der Waals surface area contributed by atoms with E-state index >= 15 is 0 Å². The minimum absolute atomic E-state index is 0.00195. The summed E-state index contributed by atoms with van der Waals surface area (Å²) in [7, 11) is 12.7. The van der Waals surface area contributed by atoms with E-state index in [9.17, 15) is 77.0 Å². The molecule has 2 aromatic rings. The van der Waals surface area contributed by atoms with Crippen LogP contribution < -0.4 is 37.2 Å². The van der Waals surface area contributed by atoms with Crippen molar-refractivity contribution in [2.24, 2.45) is 29.6 Å². The molecule has 0 saturated heterocycles. The summed E-state index contributed by atoms with van der Waals surface area (Å²) in [5, 5.41) is 28.5. The monoisotopic (exact) mass is 1530 g/mol. The Labute approximate surface area is 645 Å². The molecule has 0 fully saturated rings. The molecule has 0 aliphatic rings. The summed E-state index contributed by atoms with van der Waals surface area (Å²) in [6.45, 7) is 25.8. The second-order valence-corrected chi connectivity index (χ2v) is 30.8. The van der Waals surface area contributed by atoms with Gasteiger partial charge in [0, 0.05) is 69.2 Å². The third kappa shape index (κ3) is 29.1. The molecule has 0 unspecified atom stereocenters. The number of nitrogens with one attached hydrogen (secondary N) is 7. The number of amides is 14. The van der Waals surface area contributed by atoms with Crippen molar-refractivity contribution in [3.63, 3.8) is 0 Å². The number of hydrogen-bond acceptors (Lipinski definition) is 16. The average molecular weight is 1530 g/mol. The minimum atomic E-state index is -1.28. The molecule has 0 aliphatic heterocycles. The number of nitrogens with zero attached hydrogens (tertiary/aromatic N) is 8. The van der Waals surface area contributed by atoms with Crippen molar-refractivity contribution in [2.45, 2.75) is 228 Å². The largest absolute Gasteiger partial charge is 0.480 e. The molecule has 0 aliphatic carbocycles. The van der Waals surface area contributed by atoms with Crippen molar-refractivity contribution in [3.8, 4) is 0 Å². The summed E-state index contributed by atoms with van der Waals surface area (Å²) < 4.78 is 0. The van der Waals surface area contributed by atoms with Gasteiger partial charge in [0.15, 0.2) is 0 Å². The molecule has 8 N–H and O–H groups in total. The van der Waals surface area contributed by atoms with Crippen molar-refractivity contribution < 1.29 is 77.0 Å². The van der Waals surface area contributed by atoms with Gasteiger partial charge < -0.3 is 81.5 Å². The number of hydrogen-bond donors (Lipinski definition) is 8. The molecule has 2 aromatic carbocycles. The molecule has 0 aromatic heterocycles. The van der Waals surface area contributed by atoms with E-state index in [-0.39, 0.29) is 55.8 Å². The van der Waals surface area contributed by atoms with Crippen LogP contribution in [0.15, 0.2) is 60.7 Å². The summed E-state index contributed by atoms with van der Waals surface area (Å²) >= 11 is 0. The van der Waals surface area contributed by atoms with E-state index in [2.05, 4.69) is 37.2 Å². The first kappa shape index (κ1) is 95.5. The Morgan fingerprint density at radius 2 is 0.697 bits per heavy atom. The number of carboxylic acid groups (broad SMARTS) is 1. The molecule has 2 rings (SSSR count). The van der Waals surface area contributed by atoms with Crippen LogP contribution in [0, 0.1) is 29.6 Å². The summed E-state index contributed by atoms with van der Waals surface area (Å²) in [6.07, 6.45) is 0.642. The predicted octanol–water partition coefficient (Wildman–Crippen LogP) is 1.89. The van der Waals surface area contributed by atoms with E-state index in [1.165, 1.54) is 106 Å². The van der Waals surface area contributed by atoms with E-state index in [4.69, 9.17) is 0 Å². The minimum Gasteiger partial charge on any atom is -0.480 e. The zero-order valence-corrected chi connectivity index (χ0v) is 69.0. The van der Waals surface area contributed by atoms with Crippen LogP contribution in [0.3, 0.4) is 0 Å². The number of carboxylic acids is 1. The Bertz CT molecular complexity index is 3430. The Hall–Kier alpha value is -9.55. The molecular weight excluding hydrogens is 1400 g/mol. The lowest BCUT2D eigenvalue weighted by Gasteiger charge is -2.36. The van der Waals surface area contributed by atoms with Crippen LogP contribution in [-0.2, 0) is 84.8 Å². The van der Waals surface area contributed by atoms with Crippen molar-refractivity contribution in [3.05, 3.63) is 71.8 Å². The fraction of sp³-hybridized carbons (Fsp3) is 0.654. The van der Waals surface area contributed by atoms with E-state index in [0.29, 0.717) is 17.5 Å². The molecule has 31 heteroatoms. The van der Waals surface area contributed by atoms with Gasteiger partial charge in [0.2, 0.25) is 82.7 Å². The maximum absolute atomic E-state index is 14.9. The van der Waals surface area contributed by atoms with Gasteiger partial charge in [-0.3, -0.25) is 71.9 Å². The average Bonchev–Trinajstić information content (AvgIpc) is 0.930. The van der Waals surface area contributed by atoms with Crippen molar-refractivity contribution in [2.75, 3.05) is 76.5 Å².